The van der Waals surface area contributed by atoms with Crippen molar-refractivity contribution in [3.05, 3.63) is 65.7 Å². The van der Waals surface area contributed by atoms with Gasteiger partial charge in [0.2, 0.25) is 0 Å². The number of rotatable bonds is 2. The lowest BCUT2D eigenvalue weighted by Crippen LogP contribution is -1.94. The quantitative estimate of drug-likeness (QED) is 0.658. The first kappa shape index (κ1) is 12.4. The molecule has 2 aromatic carbocycles. The van der Waals surface area contributed by atoms with Gasteiger partial charge in [0.25, 0.3) is 0 Å². The van der Waals surface area contributed by atoms with Crippen molar-refractivity contribution in [2.24, 2.45) is 0 Å². The van der Waals surface area contributed by atoms with Crippen LogP contribution in [0.2, 0.25) is 0 Å². The number of aromatic nitrogens is 1. The first-order chi connectivity index (χ1) is 9.69. The van der Waals surface area contributed by atoms with E-state index in [1.165, 1.54) is 6.07 Å². The summed E-state index contributed by atoms with van der Waals surface area (Å²) in [5, 5.41) is 0.683. The SMILES string of the molecule is O=Cc1cc(-c2cc(F)ccc2F)nc2ccccc12. The molecule has 3 aromatic rings. The molecule has 0 aliphatic carbocycles. The maximum Gasteiger partial charge on any atom is 0.150 e. The maximum atomic E-state index is 13.8. The fourth-order valence-corrected chi connectivity index (χ4v) is 2.13. The number of aldehydes is 1. The second-order valence-corrected chi connectivity index (χ2v) is 4.36. The lowest BCUT2D eigenvalue weighted by atomic mass is 10.0. The minimum Gasteiger partial charge on any atom is -0.298 e. The van der Waals surface area contributed by atoms with Gasteiger partial charge in [-0.3, -0.25) is 4.79 Å². The van der Waals surface area contributed by atoms with E-state index in [4.69, 9.17) is 0 Å². The number of nitrogens with zero attached hydrogens (tertiary/aromatic N) is 1. The summed E-state index contributed by atoms with van der Waals surface area (Å²) in [6.45, 7) is 0. The van der Waals surface area contributed by atoms with Crippen molar-refractivity contribution in [1.82, 2.24) is 4.98 Å². The maximum absolute atomic E-state index is 13.8. The van der Waals surface area contributed by atoms with Gasteiger partial charge in [-0.2, -0.15) is 0 Å². The summed E-state index contributed by atoms with van der Waals surface area (Å²) in [5.74, 6) is -1.13. The van der Waals surface area contributed by atoms with Gasteiger partial charge < -0.3 is 0 Å². The van der Waals surface area contributed by atoms with Crippen LogP contribution in [0.1, 0.15) is 10.4 Å². The summed E-state index contributed by atoms with van der Waals surface area (Å²) in [6.07, 6.45) is 0.685. The highest BCUT2D eigenvalue weighted by Gasteiger charge is 2.11. The summed E-state index contributed by atoms with van der Waals surface area (Å²) in [4.78, 5) is 15.5. The van der Waals surface area contributed by atoms with E-state index in [9.17, 15) is 13.6 Å². The van der Waals surface area contributed by atoms with Crippen LogP contribution in [-0.4, -0.2) is 11.3 Å². The van der Waals surface area contributed by atoms with E-state index in [1.807, 2.05) is 0 Å². The lowest BCUT2D eigenvalue weighted by molar-refractivity contribution is 0.112. The van der Waals surface area contributed by atoms with Gasteiger partial charge in [0.1, 0.15) is 11.6 Å². The van der Waals surface area contributed by atoms with E-state index >= 15 is 0 Å². The van der Waals surface area contributed by atoms with Gasteiger partial charge in [0.05, 0.1) is 11.2 Å². The number of hydrogen-bond acceptors (Lipinski definition) is 2. The Morgan fingerprint density at radius 1 is 1.00 bits per heavy atom. The summed E-state index contributed by atoms with van der Waals surface area (Å²) in [5.41, 5.74) is 1.24. The van der Waals surface area contributed by atoms with Crippen LogP contribution in [0.4, 0.5) is 8.78 Å². The number of pyridine rings is 1. The number of fused-ring (bicyclic) bond motifs is 1. The zero-order valence-electron chi connectivity index (χ0n) is 10.3. The van der Waals surface area contributed by atoms with Crippen molar-refractivity contribution < 1.29 is 13.6 Å². The standard InChI is InChI=1S/C16H9F2NO/c17-11-5-6-14(18)13(8-11)16-7-10(9-20)12-3-1-2-4-15(12)19-16/h1-9H. The van der Waals surface area contributed by atoms with Gasteiger partial charge in [-0.15, -0.1) is 0 Å². The topological polar surface area (TPSA) is 30.0 Å². The Bertz CT molecular complexity index is 815. The molecule has 0 saturated heterocycles. The number of para-hydroxylation sites is 1. The van der Waals surface area contributed by atoms with Crippen LogP contribution in [0.5, 0.6) is 0 Å². The van der Waals surface area contributed by atoms with Gasteiger partial charge >= 0.3 is 0 Å². The van der Waals surface area contributed by atoms with Crippen LogP contribution >= 0.6 is 0 Å². The van der Waals surface area contributed by atoms with Crippen molar-refractivity contribution in [2.45, 2.75) is 0 Å². The van der Waals surface area contributed by atoms with Crippen LogP contribution in [0.15, 0.2) is 48.5 Å². The molecule has 0 radical (unpaired) electrons. The average molecular weight is 269 g/mol. The largest absolute Gasteiger partial charge is 0.298 e. The number of benzene rings is 2. The fraction of sp³-hybridized carbons (Fsp3) is 0. The molecule has 20 heavy (non-hydrogen) atoms. The van der Waals surface area contributed by atoms with Gasteiger partial charge in [0.15, 0.2) is 6.29 Å². The fourth-order valence-electron chi connectivity index (χ4n) is 2.13. The van der Waals surface area contributed by atoms with Crippen LogP contribution in [0, 0.1) is 11.6 Å². The van der Waals surface area contributed by atoms with Gasteiger partial charge in [-0.1, -0.05) is 18.2 Å². The van der Waals surface area contributed by atoms with E-state index in [2.05, 4.69) is 4.98 Å². The molecule has 0 aliphatic heterocycles. The van der Waals surface area contributed by atoms with Gasteiger partial charge in [-0.05, 0) is 30.3 Å². The molecule has 0 unspecified atom stereocenters. The van der Waals surface area contributed by atoms with Crippen LogP contribution in [0.25, 0.3) is 22.2 Å². The van der Waals surface area contributed by atoms with Crippen LogP contribution in [-0.2, 0) is 0 Å². The Kier molecular flexibility index (Phi) is 2.99. The molecule has 0 amide bonds. The molecule has 0 aliphatic rings. The summed E-state index contributed by atoms with van der Waals surface area (Å²) >= 11 is 0. The first-order valence-electron chi connectivity index (χ1n) is 5.99. The van der Waals surface area contributed by atoms with E-state index in [0.29, 0.717) is 22.8 Å². The molecule has 3 rings (SSSR count). The molecule has 0 N–H and O–H groups in total. The van der Waals surface area contributed by atoms with E-state index in [0.717, 1.165) is 18.2 Å². The molecule has 4 heteroatoms. The predicted octanol–water partition coefficient (Wildman–Crippen LogP) is 3.99. The predicted molar refractivity (Wildman–Crippen MR) is 72.5 cm³/mol. The second-order valence-electron chi connectivity index (χ2n) is 4.36. The molecule has 0 atom stereocenters. The van der Waals surface area contributed by atoms with Crippen molar-refractivity contribution in [2.75, 3.05) is 0 Å². The van der Waals surface area contributed by atoms with Crippen molar-refractivity contribution in [3.63, 3.8) is 0 Å². The molecular formula is C16H9F2NO. The molecule has 1 aromatic heterocycles. The molecular weight excluding hydrogens is 260 g/mol. The Labute approximate surface area is 113 Å². The smallest absolute Gasteiger partial charge is 0.150 e. The van der Waals surface area contributed by atoms with E-state index in [-0.39, 0.29) is 11.3 Å². The number of halogens is 2. The van der Waals surface area contributed by atoms with Gasteiger partial charge in [0, 0.05) is 16.5 Å². The Morgan fingerprint density at radius 3 is 2.60 bits per heavy atom. The second kappa shape index (κ2) is 4.81. The Morgan fingerprint density at radius 2 is 1.80 bits per heavy atom. The number of carbonyl (C=O) groups excluding carboxylic acids is 1. The summed E-state index contributed by atoms with van der Waals surface area (Å²) in [6, 6.07) is 11.7. The van der Waals surface area contributed by atoms with E-state index < -0.39 is 11.6 Å². The third-order valence-electron chi connectivity index (χ3n) is 3.08. The highest BCUT2D eigenvalue weighted by atomic mass is 19.1. The van der Waals surface area contributed by atoms with Crippen molar-refractivity contribution >= 4 is 17.2 Å². The minimum absolute atomic E-state index is 0.0406. The van der Waals surface area contributed by atoms with Crippen molar-refractivity contribution in [1.29, 1.82) is 0 Å². The lowest BCUT2D eigenvalue weighted by Gasteiger charge is -2.07. The van der Waals surface area contributed by atoms with Crippen LogP contribution in [0.3, 0.4) is 0 Å². The summed E-state index contributed by atoms with van der Waals surface area (Å²) < 4.78 is 27.1. The first-order valence-corrected chi connectivity index (χ1v) is 5.99. The van der Waals surface area contributed by atoms with Crippen LogP contribution < -0.4 is 0 Å². The molecule has 2 nitrogen and oxygen atoms in total. The molecule has 0 spiro atoms. The number of hydrogen-bond donors (Lipinski definition) is 0. The zero-order chi connectivity index (χ0) is 14.1. The minimum atomic E-state index is -0.578. The molecule has 98 valence electrons. The molecule has 0 bridgehead atoms. The third kappa shape index (κ3) is 2.05. The van der Waals surface area contributed by atoms with Gasteiger partial charge in [-0.25, -0.2) is 13.8 Å². The third-order valence-corrected chi connectivity index (χ3v) is 3.08. The summed E-state index contributed by atoms with van der Waals surface area (Å²) in [7, 11) is 0. The molecule has 0 saturated carbocycles. The average Bonchev–Trinajstić information content (AvgIpc) is 2.48. The normalized spacial score (nSPS) is 10.7. The zero-order valence-corrected chi connectivity index (χ0v) is 10.3. The molecule has 0 fully saturated rings. The van der Waals surface area contributed by atoms with E-state index in [1.54, 1.807) is 24.3 Å². The monoisotopic (exact) mass is 269 g/mol. The van der Waals surface area contributed by atoms with Crippen molar-refractivity contribution in [3.8, 4) is 11.3 Å². The number of carbonyl (C=O) groups is 1. The highest BCUT2D eigenvalue weighted by molar-refractivity contribution is 5.98. The Balaban J connectivity index is 2.31. The highest BCUT2D eigenvalue weighted by Crippen LogP contribution is 2.26. The molecule has 1 heterocycles. The Hall–Kier alpha value is -2.62.